The summed E-state index contributed by atoms with van der Waals surface area (Å²) >= 11 is 1.25. The van der Waals surface area contributed by atoms with Gasteiger partial charge in [-0.15, -0.1) is 11.8 Å². The van der Waals surface area contributed by atoms with E-state index in [0.29, 0.717) is 23.4 Å². The van der Waals surface area contributed by atoms with E-state index in [4.69, 9.17) is 10.4 Å². The summed E-state index contributed by atoms with van der Waals surface area (Å²) in [7, 11) is 0. The maximum absolute atomic E-state index is 11.7. The average Bonchev–Trinajstić information content (AvgIpc) is 2.43. The molecule has 1 aromatic carbocycles. The number of carbonyl (C=O) groups is 2. The maximum atomic E-state index is 11.7. The Morgan fingerprint density at radius 1 is 1.45 bits per heavy atom. The largest absolute Gasteiger partial charge is 0.480 e. The summed E-state index contributed by atoms with van der Waals surface area (Å²) in [6.45, 7) is 1.80. The van der Waals surface area contributed by atoms with Gasteiger partial charge >= 0.3 is 5.97 Å². The Labute approximate surface area is 122 Å². The van der Waals surface area contributed by atoms with Crippen molar-refractivity contribution in [2.75, 3.05) is 11.1 Å². The highest BCUT2D eigenvalue weighted by Crippen LogP contribution is 2.17. The number of hydrogen-bond donors (Lipinski definition) is 2. The number of benzene rings is 1. The van der Waals surface area contributed by atoms with Gasteiger partial charge in [-0.3, -0.25) is 9.59 Å². The first-order chi connectivity index (χ1) is 9.58. The van der Waals surface area contributed by atoms with Gasteiger partial charge in [0.05, 0.1) is 11.3 Å². The molecule has 1 aromatic rings. The zero-order valence-corrected chi connectivity index (χ0v) is 11.9. The first-order valence-electron chi connectivity index (χ1n) is 6.21. The number of thioether (sulfide) groups is 1. The molecule has 2 N–H and O–H groups in total. The van der Waals surface area contributed by atoms with Crippen LogP contribution < -0.4 is 5.32 Å². The van der Waals surface area contributed by atoms with Crippen LogP contribution in [0, 0.1) is 11.3 Å². The SMILES string of the molecule is CCC(SCCC(=O)Nc1ccccc1C#N)C(=O)O. The third kappa shape index (κ3) is 4.94. The third-order valence-corrected chi connectivity index (χ3v) is 3.99. The maximum Gasteiger partial charge on any atom is 0.316 e. The molecule has 0 aliphatic heterocycles. The number of aliphatic carboxylic acids is 1. The number of carboxylic acid groups (broad SMARTS) is 1. The smallest absolute Gasteiger partial charge is 0.316 e. The molecule has 5 nitrogen and oxygen atoms in total. The molecule has 0 aromatic heterocycles. The molecule has 0 spiro atoms. The van der Waals surface area contributed by atoms with E-state index in [2.05, 4.69) is 5.32 Å². The lowest BCUT2D eigenvalue weighted by molar-refractivity contribution is -0.136. The molecule has 0 aliphatic carbocycles. The quantitative estimate of drug-likeness (QED) is 0.805. The molecule has 0 heterocycles. The summed E-state index contributed by atoms with van der Waals surface area (Å²) in [6, 6.07) is 8.75. The van der Waals surface area contributed by atoms with Crippen LogP contribution in [-0.4, -0.2) is 28.0 Å². The molecule has 0 bridgehead atoms. The molecule has 106 valence electrons. The highest BCUT2D eigenvalue weighted by Gasteiger charge is 2.15. The van der Waals surface area contributed by atoms with Gasteiger partial charge in [-0.25, -0.2) is 0 Å². The highest BCUT2D eigenvalue weighted by atomic mass is 32.2. The van der Waals surface area contributed by atoms with Crippen LogP contribution in [0.3, 0.4) is 0 Å². The zero-order valence-electron chi connectivity index (χ0n) is 11.1. The van der Waals surface area contributed by atoms with Gasteiger partial charge in [-0.1, -0.05) is 19.1 Å². The Kier molecular flexibility index (Phi) is 6.60. The van der Waals surface area contributed by atoms with Gasteiger partial charge in [0.25, 0.3) is 0 Å². The van der Waals surface area contributed by atoms with Crippen molar-refractivity contribution in [2.24, 2.45) is 0 Å². The molecule has 20 heavy (non-hydrogen) atoms. The summed E-state index contributed by atoms with van der Waals surface area (Å²) in [5.41, 5.74) is 0.890. The number of carboxylic acids is 1. The van der Waals surface area contributed by atoms with Crippen LogP contribution in [0.1, 0.15) is 25.3 Å². The summed E-state index contributed by atoms with van der Waals surface area (Å²) in [5.74, 6) is -0.640. The molecule has 6 heteroatoms. The van der Waals surface area contributed by atoms with Gasteiger partial charge in [0.2, 0.25) is 5.91 Å². The number of nitrogens with one attached hydrogen (secondary N) is 1. The molecular formula is C14H16N2O3S. The molecule has 1 rings (SSSR count). The second-order valence-electron chi connectivity index (χ2n) is 4.06. The summed E-state index contributed by atoms with van der Waals surface area (Å²) < 4.78 is 0. The first-order valence-corrected chi connectivity index (χ1v) is 7.26. The summed E-state index contributed by atoms with van der Waals surface area (Å²) in [6.07, 6.45) is 0.743. The lowest BCUT2D eigenvalue weighted by Crippen LogP contribution is -2.18. The Bertz CT molecular complexity index is 525. The lowest BCUT2D eigenvalue weighted by Gasteiger charge is -2.09. The minimum absolute atomic E-state index is 0.216. The average molecular weight is 292 g/mol. The molecule has 0 aliphatic rings. The normalized spacial score (nSPS) is 11.4. The fraction of sp³-hybridized carbons (Fsp3) is 0.357. The van der Waals surface area contributed by atoms with Crippen LogP contribution in [0.25, 0.3) is 0 Å². The van der Waals surface area contributed by atoms with Gasteiger partial charge < -0.3 is 10.4 Å². The Morgan fingerprint density at radius 2 is 2.15 bits per heavy atom. The van der Waals surface area contributed by atoms with E-state index in [-0.39, 0.29) is 12.3 Å². The van der Waals surface area contributed by atoms with Crippen molar-refractivity contribution < 1.29 is 14.7 Å². The fourth-order valence-corrected chi connectivity index (χ4v) is 2.53. The van der Waals surface area contributed by atoms with Crippen molar-refractivity contribution in [2.45, 2.75) is 25.0 Å². The van der Waals surface area contributed by atoms with E-state index < -0.39 is 11.2 Å². The minimum atomic E-state index is -0.854. The summed E-state index contributed by atoms with van der Waals surface area (Å²) in [5, 5.41) is 20.0. The van der Waals surface area contributed by atoms with Crippen LogP contribution in [-0.2, 0) is 9.59 Å². The van der Waals surface area contributed by atoms with Gasteiger partial charge in [0.15, 0.2) is 0 Å². The van der Waals surface area contributed by atoms with Crippen LogP contribution in [0.4, 0.5) is 5.69 Å². The molecule has 1 atom stereocenters. The van der Waals surface area contributed by atoms with Gasteiger partial charge in [-0.2, -0.15) is 5.26 Å². The zero-order chi connectivity index (χ0) is 15.0. The topological polar surface area (TPSA) is 90.2 Å². The Hall–Kier alpha value is -2.00. The van der Waals surface area contributed by atoms with Crippen molar-refractivity contribution in [3.63, 3.8) is 0 Å². The number of hydrogen-bond acceptors (Lipinski definition) is 4. The first kappa shape index (κ1) is 16.1. The number of nitriles is 1. The molecular weight excluding hydrogens is 276 g/mol. The van der Waals surface area contributed by atoms with Gasteiger partial charge in [0.1, 0.15) is 11.3 Å². The van der Waals surface area contributed by atoms with Crippen LogP contribution in [0.15, 0.2) is 24.3 Å². The number of amides is 1. The van der Waals surface area contributed by atoms with E-state index >= 15 is 0 Å². The van der Waals surface area contributed by atoms with Crippen LogP contribution >= 0.6 is 11.8 Å². The molecule has 0 radical (unpaired) electrons. The third-order valence-electron chi connectivity index (χ3n) is 2.62. The van der Waals surface area contributed by atoms with E-state index in [1.165, 1.54) is 11.8 Å². The number of anilines is 1. The summed E-state index contributed by atoms with van der Waals surface area (Å²) in [4.78, 5) is 22.6. The number of para-hydroxylation sites is 1. The van der Waals surface area contributed by atoms with Crippen LogP contribution in [0.2, 0.25) is 0 Å². The molecule has 1 unspecified atom stereocenters. The second-order valence-corrected chi connectivity index (χ2v) is 5.37. The predicted octanol–water partition coefficient (Wildman–Crippen LogP) is 2.48. The van der Waals surface area contributed by atoms with Crippen LogP contribution in [0.5, 0.6) is 0 Å². The van der Waals surface area contributed by atoms with Gasteiger partial charge in [-0.05, 0) is 18.6 Å². The number of nitrogens with zero attached hydrogens (tertiary/aromatic N) is 1. The molecule has 0 fully saturated rings. The fourth-order valence-electron chi connectivity index (χ4n) is 1.56. The molecule has 0 saturated heterocycles. The highest BCUT2D eigenvalue weighted by molar-refractivity contribution is 8.00. The monoisotopic (exact) mass is 292 g/mol. The van der Waals surface area contributed by atoms with Crippen molar-refractivity contribution >= 4 is 29.3 Å². The molecule has 1 amide bonds. The van der Waals surface area contributed by atoms with Gasteiger partial charge in [0, 0.05) is 12.2 Å². The van der Waals surface area contributed by atoms with E-state index in [1.54, 1.807) is 31.2 Å². The van der Waals surface area contributed by atoms with Crippen molar-refractivity contribution in [1.82, 2.24) is 0 Å². The van der Waals surface area contributed by atoms with Crippen molar-refractivity contribution in [1.29, 1.82) is 5.26 Å². The lowest BCUT2D eigenvalue weighted by atomic mass is 10.2. The van der Waals surface area contributed by atoms with E-state index in [9.17, 15) is 9.59 Å². The van der Waals surface area contributed by atoms with E-state index in [0.717, 1.165) is 0 Å². The molecule has 0 saturated carbocycles. The Balaban J connectivity index is 2.45. The van der Waals surface area contributed by atoms with Crippen molar-refractivity contribution in [3.8, 4) is 6.07 Å². The second kappa shape index (κ2) is 8.23. The van der Waals surface area contributed by atoms with Crippen molar-refractivity contribution in [3.05, 3.63) is 29.8 Å². The minimum Gasteiger partial charge on any atom is -0.480 e. The Morgan fingerprint density at radius 3 is 2.75 bits per heavy atom. The van der Waals surface area contributed by atoms with E-state index in [1.807, 2.05) is 6.07 Å². The predicted molar refractivity (Wildman–Crippen MR) is 78.6 cm³/mol. The number of carbonyl (C=O) groups excluding carboxylic acids is 1. The standard InChI is InChI=1S/C14H16N2O3S/c1-2-12(14(18)19)20-8-7-13(17)16-11-6-4-3-5-10(11)9-15/h3-6,12H,2,7-8H2,1H3,(H,16,17)(H,18,19). The number of rotatable bonds is 7.